The van der Waals surface area contributed by atoms with Gasteiger partial charge in [-0.25, -0.2) is 0 Å². The van der Waals surface area contributed by atoms with Crippen molar-refractivity contribution >= 4 is 19.8 Å². The fourth-order valence-electron chi connectivity index (χ4n) is 0.0730. The third-order valence-electron chi connectivity index (χ3n) is 0.215. The molecule has 3 heteroatoms. The Morgan fingerprint density at radius 3 is 2.17 bits per heavy atom. The van der Waals surface area contributed by atoms with E-state index in [2.05, 4.69) is 28.6 Å². The maximum absolute atomic E-state index is 3.25. The van der Waals surface area contributed by atoms with E-state index in [4.69, 9.17) is 0 Å². The third kappa shape index (κ3) is 3.01. The second-order valence-electron chi connectivity index (χ2n) is 0.555. The average molecular weight is 83.1 g/mol. The summed E-state index contributed by atoms with van der Waals surface area (Å²) >= 11 is 0. The van der Waals surface area contributed by atoms with Crippen LogP contribution in [0, 0.1) is 0 Å². The Bertz CT molecular complexity index is 64.1. The highest BCUT2D eigenvalue weighted by atomic mass is 15.2. The Labute approximate surface area is 36.1 Å². The van der Waals surface area contributed by atoms with Crippen LogP contribution in [0.4, 0.5) is 0 Å². The van der Waals surface area contributed by atoms with E-state index in [1.54, 1.807) is 0 Å². The molecule has 0 N–H and O–H groups in total. The zero-order valence-electron chi connectivity index (χ0n) is 3.33. The van der Waals surface area contributed by atoms with Crippen LogP contribution < -0.4 is 0 Å². The van der Waals surface area contributed by atoms with Crippen LogP contribution in [0.15, 0.2) is 15.2 Å². The van der Waals surface area contributed by atoms with Crippen LogP contribution in [0.2, 0.25) is 0 Å². The van der Waals surface area contributed by atoms with Gasteiger partial charge in [0.05, 0.1) is 0 Å². The third-order valence-corrected chi connectivity index (χ3v) is 0.215. The summed E-state index contributed by atoms with van der Waals surface area (Å²) in [5.41, 5.74) is 0. The van der Waals surface area contributed by atoms with E-state index in [0.717, 1.165) is 0 Å². The molecule has 32 valence electrons. The number of aliphatic imine (C=N–C) groups is 1. The van der Waals surface area contributed by atoms with Gasteiger partial charge < -0.3 is 0 Å². The summed E-state index contributed by atoms with van der Waals surface area (Å²) in [5, 5.41) is 6.36. The smallest absolute Gasteiger partial charge is 0.137 e. The molecule has 0 spiro atoms. The Morgan fingerprint density at radius 1 is 1.33 bits per heavy atom. The van der Waals surface area contributed by atoms with Crippen molar-refractivity contribution in [2.45, 2.75) is 0 Å². The molecule has 0 radical (unpaired) electrons. The molecule has 0 aromatic rings. The Morgan fingerprint density at radius 2 is 2.00 bits per heavy atom. The quantitative estimate of drug-likeness (QED) is 0.262. The minimum atomic E-state index is 1.22. The summed E-state index contributed by atoms with van der Waals surface area (Å²) in [7, 11) is 0. The fourth-order valence-corrected chi connectivity index (χ4v) is 0.0730. The standard InChI is InChI=1S/C3H5N3/c1-4-3-6-5-2/h3H,1-2H2/b6-3-. The highest BCUT2D eigenvalue weighted by Crippen LogP contribution is 1.58. The first-order chi connectivity index (χ1) is 2.91. The van der Waals surface area contributed by atoms with E-state index in [1.807, 2.05) is 0 Å². The van der Waals surface area contributed by atoms with Crippen molar-refractivity contribution in [2.24, 2.45) is 15.2 Å². The molecule has 0 aliphatic heterocycles. The zero-order chi connectivity index (χ0) is 4.83. The lowest BCUT2D eigenvalue weighted by Crippen LogP contribution is -1.54. The molecular weight excluding hydrogens is 78.1 g/mol. The number of rotatable bonds is 2. The number of nitrogens with zero attached hydrogens (tertiary/aromatic N) is 3. The molecule has 0 fully saturated rings. The minimum Gasteiger partial charge on any atom is -0.251 e. The van der Waals surface area contributed by atoms with Gasteiger partial charge in [0.1, 0.15) is 6.34 Å². The fraction of sp³-hybridized carbons (Fsp3) is 0. The van der Waals surface area contributed by atoms with Crippen LogP contribution in [0.25, 0.3) is 0 Å². The van der Waals surface area contributed by atoms with Crippen molar-refractivity contribution in [2.75, 3.05) is 0 Å². The van der Waals surface area contributed by atoms with E-state index in [1.165, 1.54) is 6.34 Å². The molecule has 0 bridgehead atoms. The number of hydrogen-bond donors (Lipinski definition) is 0. The van der Waals surface area contributed by atoms with Crippen LogP contribution in [0.5, 0.6) is 0 Å². The topological polar surface area (TPSA) is 37.1 Å². The lowest BCUT2D eigenvalue weighted by molar-refractivity contribution is 1.27. The van der Waals surface area contributed by atoms with E-state index >= 15 is 0 Å². The van der Waals surface area contributed by atoms with Gasteiger partial charge in [-0.15, -0.1) is 5.10 Å². The predicted octanol–water partition coefficient (Wildman–Crippen LogP) is 0.331. The molecule has 0 atom stereocenters. The summed E-state index contributed by atoms with van der Waals surface area (Å²) < 4.78 is 0. The molecule has 0 rings (SSSR count). The first-order valence-corrected chi connectivity index (χ1v) is 1.35. The van der Waals surface area contributed by atoms with Crippen molar-refractivity contribution in [1.29, 1.82) is 0 Å². The molecule has 0 amide bonds. The van der Waals surface area contributed by atoms with Crippen molar-refractivity contribution in [3.05, 3.63) is 0 Å². The van der Waals surface area contributed by atoms with Gasteiger partial charge in [0, 0.05) is 6.72 Å². The highest BCUT2D eigenvalue weighted by Gasteiger charge is 1.47. The minimum absolute atomic E-state index is 1.22. The molecule has 0 saturated carbocycles. The normalized spacial score (nSPS) is 8.67. The molecule has 6 heavy (non-hydrogen) atoms. The first kappa shape index (κ1) is 5.01. The van der Waals surface area contributed by atoms with Gasteiger partial charge in [-0.05, 0) is 6.72 Å². The van der Waals surface area contributed by atoms with E-state index in [0.29, 0.717) is 0 Å². The first-order valence-electron chi connectivity index (χ1n) is 1.35. The van der Waals surface area contributed by atoms with Crippen LogP contribution in [-0.2, 0) is 0 Å². The maximum atomic E-state index is 3.25. The molecule has 0 saturated heterocycles. The molecule has 3 nitrogen and oxygen atoms in total. The van der Waals surface area contributed by atoms with Crippen molar-refractivity contribution < 1.29 is 0 Å². The van der Waals surface area contributed by atoms with Crippen molar-refractivity contribution in [1.82, 2.24) is 0 Å². The van der Waals surface area contributed by atoms with E-state index in [-0.39, 0.29) is 0 Å². The second kappa shape index (κ2) is 4.01. The van der Waals surface area contributed by atoms with Crippen molar-refractivity contribution in [3.63, 3.8) is 0 Å². The highest BCUT2D eigenvalue weighted by molar-refractivity contribution is 5.61. The Hall–Kier alpha value is -0.990. The van der Waals surface area contributed by atoms with Crippen LogP contribution in [0.1, 0.15) is 0 Å². The molecule has 0 aromatic heterocycles. The molecule has 0 unspecified atom stereocenters. The Kier molecular flexibility index (Phi) is 3.35. The van der Waals surface area contributed by atoms with E-state index in [9.17, 15) is 0 Å². The monoisotopic (exact) mass is 83.0 g/mol. The van der Waals surface area contributed by atoms with Gasteiger partial charge in [0.15, 0.2) is 0 Å². The summed E-state index contributed by atoms with van der Waals surface area (Å²) in [6.45, 7) is 6.17. The summed E-state index contributed by atoms with van der Waals surface area (Å²) in [5.74, 6) is 0. The maximum Gasteiger partial charge on any atom is 0.137 e. The molecular formula is C3H5N3. The SMILES string of the molecule is C=N/C=N\N=C. The van der Waals surface area contributed by atoms with Gasteiger partial charge in [0.2, 0.25) is 0 Å². The van der Waals surface area contributed by atoms with Crippen LogP contribution in [-0.4, -0.2) is 19.8 Å². The average Bonchev–Trinajstić information content (AvgIpc) is 1.61. The second-order valence-corrected chi connectivity index (χ2v) is 0.555. The summed E-state index contributed by atoms with van der Waals surface area (Å²) in [6, 6.07) is 0. The van der Waals surface area contributed by atoms with Gasteiger partial charge in [-0.3, -0.25) is 4.99 Å². The lowest BCUT2D eigenvalue weighted by atomic mass is 11.3. The summed E-state index contributed by atoms with van der Waals surface area (Å²) in [6.07, 6.45) is 1.22. The lowest BCUT2D eigenvalue weighted by Gasteiger charge is -1.62. The summed E-state index contributed by atoms with van der Waals surface area (Å²) in [4.78, 5) is 3.25. The van der Waals surface area contributed by atoms with Gasteiger partial charge >= 0.3 is 0 Å². The zero-order valence-corrected chi connectivity index (χ0v) is 3.33. The predicted molar refractivity (Wildman–Crippen MR) is 27.6 cm³/mol. The van der Waals surface area contributed by atoms with Gasteiger partial charge in [0.25, 0.3) is 0 Å². The van der Waals surface area contributed by atoms with Crippen LogP contribution in [0.3, 0.4) is 0 Å². The molecule has 0 aromatic carbocycles. The Balaban J connectivity index is 3.17. The largest absolute Gasteiger partial charge is 0.251 e. The van der Waals surface area contributed by atoms with Crippen LogP contribution >= 0.6 is 0 Å². The molecule has 0 aliphatic rings. The molecule has 0 heterocycles. The van der Waals surface area contributed by atoms with Crippen molar-refractivity contribution in [3.8, 4) is 0 Å². The van der Waals surface area contributed by atoms with Gasteiger partial charge in [-0.2, -0.15) is 5.10 Å². The van der Waals surface area contributed by atoms with E-state index < -0.39 is 0 Å². The van der Waals surface area contributed by atoms with Gasteiger partial charge in [-0.1, -0.05) is 0 Å². The molecule has 0 aliphatic carbocycles. The number of hydrogen-bond acceptors (Lipinski definition) is 2.